The molecule has 96 valence electrons. The maximum absolute atomic E-state index is 10.9. The normalized spacial score (nSPS) is 16.6. The van der Waals surface area contributed by atoms with Gasteiger partial charge in [0.25, 0.3) is 0 Å². The largest absolute Gasteiger partial charge is 0.478 e. The fourth-order valence-electron chi connectivity index (χ4n) is 1.80. The summed E-state index contributed by atoms with van der Waals surface area (Å²) in [6.07, 6.45) is -0.976. The van der Waals surface area contributed by atoms with Crippen molar-refractivity contribution in [3.8, 4) is 5.75 Å². The Morgan fingerprint density at radius 1 is 1.56 bits per heavy atom. The van der Waals surface area contributed by atoms with Gasteiger partial charge in [0.1, 0.15) is 5.75 Å². The first-order chi connectivity index (χ1) is 8.60. The highest BCUT2D eigenvalue weighted by Crippen LogP contribution is 2.29. The summed E-state index contributed by atoms with van der Waals surface area (Å²) in [6, 6.07) is 5.32. The number of ether oxygens (including phenoxy) is 2. The molecule has 0 fully saturated rings. The molecule has 0 unspecified atom stereocenters. The Hall–Kier alpha value is -2.24. The molecule has 0 aromatic heterocycles. The number of carbonyl (C=O) groups excluding carboxylic acids is 1. The number of rotatable bonds is 3. The highest BCUT2D eigenvalue weighted by Gasteiger charge is 2.28. The third kappa shape index (κ3) is 2.53. The summed E-state index contributed by atoms with van der Waals surface area (Å²) in [6.45, 7) is 0.331. The molecule has 6 nitrogen and oxygen atoms in total. The molecular weight excluding hydrogens is 238 g/mol. The van der Waals surface area contributed by atoms with E-state index in [1.165, 1.54) is 7.11 Å². The molecular formula is C12H13NO5. The third-order valence-corrected chi connectivity index (χ3v) is 2.70. The van der Waals surface area contributed by atoms with Gasteiger partial charge in [0.2, 0.25) is 0 Å². The molecule has 0 bridgehead atoms. The Bertz CT molecular complexity index is 485. The summed E-state index contributed by atoms with van der Waals surface area (Å²) in [5, 5.41) is 11.4. The second kappa shape index (κ2) is 4.95. The molecule has 2 rings (SSSR count). The topological polar surface area (TPSA) is 84.9 Å². The molecule has 1 aliphatic rings. The van der Waals surface area contributed by atoms with Gasteiger partial charge in [0.05, 0.1) is 7.11 Å². The molecule has 1 aromatic carbocycles. The average molecular weight is 251 g/mol. The lowest BCUT2D eigenvalue weighted by Crippen LogP contribution is -2.24. The van der Waals surface area contributed by atoms with Crippen LogP contribution >= 0.6 is 0 Å². The van der Waals surface area contributed by atoms with Crippen LogP contribution in [-0.4, -0.2) is 30.4 Å². The molecule has 0 saturated heterocycles. The predicted molar refractivity (Wildman–Crippen MR) is 61.4 cm³/mol. The lowest BCUT2D eigenvalue weighted by molar-refractivity contribution is -0.144. The van der Waals surface area contributed by atoms with E-state index in [4.69, 9.17) is 9.84 Å². The zero-order valence-electron chi connectivity index (χ0n) is 9.80. The quantitative estimate of drug-likeness (QED) is 0.834. The molecule has 0 spiro atoms. The first-order valence-corrected chi connectivity index (χ1v) is 5.43. The fraction of sp³-hybridized carbons (Fsp3) is 0.333. The van der Waals surface area contributed by atoms with Gasteiger partial charge in [-0.05, 0) is 17.2 Å². The Balaban J connectivity index is 2.04. The summed E-state index contributed by atoms with van der Waals surface area (Å²) < 4.78 is 9.72. The van der Waals surface area contributed by atoms with Crippen LogP contribution in [0.1, 0.15) is 11.1 Å². The average Bonchev–Trinajstić information content (AvgIpc) is 2.79. The van der Waals surface area contributed by atoms with Gasteiger partial charge < -0.3 is 19.9 Å². The summed E-state index contributed by atoms with van der Waals surface area (Å²) >= 11 is 0. The van der Waals surface area contributed by atoms with E-state index in [9.17, 15) is 9.59 Å². The number of carbonyl (C=O) groups is 2. The molecule has 1 aliphatic heterocycles. The molecule has 6 heteroatoms. The maximum atomic E-state index is 10.9. The summed E-state index contributed by atoms with van der Waals surface area (Å²) in [5.74, 6) is -0.385. The SMILES string of the molecule is COC(=O)NCc1ccc2c(c1)C[C@H](C(=O)O)O2. The molecule has 0 radical (unpaired) electrons. The minimum Gasteiger partial charge on any atom is -0.478 e. The second-order valence-corrected chi connectivity index (χ2v) is 3.94. The number of carboxylic acids is 1. The van der Waals surface area contributed by atoms with Crippen molar-refractivity contribution in [2.45, 2.75) is 19.1 Å². The van der Waals surface area contributed by atoms with E-state index in [2.05, 4.69) is 10.1 Å². The highest BCUT2D eigenvalue weighted by atomic mass is 16.5. The van der Waals surface area contributed by atoms with Crippen LogP contribution < -0.4 is 10.1 Å². The minimum atomic E-state index is -0.972. The van der Waals surface area contributed by atoms with Crippen molar-refractivity contribution >= 4 is 12.1 Å². The van der Waals surface area contributed by atoms with Crippen LogP contribution in [-0.2, 0) is 22.5 Å². The number of benzene rings is 1. The summed E-state index contributed by atoms with van der Waals surface area (Å²) in [4.78, 5) is 21.7. The van der Waals surface area contributed by atoms with Gasteiger partial charge >= 0.3 is 12.1 Å². The molecule has 0 saturated carbocycles. The van der Waals surface area contributed by atoms with Gasteiger partial charge in [-0.1, -0.05) is 12.1 Å². The molecule has 1 atom stereocenters. The molecule has 1 aromatic rings. The van der Waals surface area contributed by atoms with Crippen LogP contribution in [0.3, 0.4) is 0 Å². The monoisotopic (exact) mass is 251 g/mol. The van der Waals surface area contributed by atoms with Crippen LogP contribution in [0.15, 0.2) is 18.2 Å². The molecule has 1 heterocycles. The number of aliphatic carboxylic acids is 1. The Kier molecular flexibility index (Phi) is 3.36. The molecule has 0 aliphatic carbocycles. The number of carboxylic acid groups (broad SMARTS) is 1. The number of methoxy groups -OCH3 is 1. The molecule has 1 amide bonds. The first-order valence-electron chi connectivity index (χ1n) is 5.43. The van der Waals surface area contributed by atoms with Crippen LogP contribution in [0.2, 0.25) is 0 Å². The van der Waals surface area contributed by atoms with Gasteiger partial charge in [-0.25, -0.2) is 9.59 Å². The van der Waals surface area contributed by atoms with Crippen LogP contribution in [0.5, 0.6) is 5.75 Å². The standard InChI is InChI=1S/C12H13NO5/c1-17-12(16)13-6-7-2-3-9-8(4-7)5-10(18-9)11(14)15/h2-4,10H,5-6H2,1H3,(H,13,16)(H,14,15)/t10-/m1/s1. The van der Waals surface area contributed by atoms with Crippen molar-refractivity contribution in [3.05, 3.63) is 29.3 Å². The van der Waals surface area contributed by atoms with Crippen molar-refractivity contribution in [1.82, 2.24) is 5.32 Å². The van der Waals surface area contributed by atoms with Gasteiger partial charge in [-0.15, -0.1) is 0 Å². The Labute approximate surface area is 104 Å². The predicted octanol–water partition coefficient (Wildman–Crippen LogP) is 0.931. The van der Waals surface area contributed by atoms with E-state index in [0.717, 1.165) is 11.1 Å². The van der Waals surface area contributed by atoms with Crippen molar-refractivity contribution < 1.29 is 24.2 Å². The summed E-state index contributed by atoms with van der Waals surface area (Å²) in [5.41, 5.74) is 1.71. The van der Waals surface area contributed by atoms with Crippen LogP contribution in [0.25, 0.3) is 0 Å². The van der Waals surface area contributed by atoms with Crippen molar-refractivity contribution in [2.75, 3.05) is 7.11 Å². The van der Waals surface area contributed by atoms with Gasteiger partial charge in [0.15, 0.2) is 6.10 Å². The third-order valence-electron chi connectivity index (χ3n) is 2.70. The number of alkyl carbamates (subject to hydrolysis) is 1. The van der Waals surface area contributed by atoms with Crippen LogP contribution in [0, 0.1) is 0 Å². The van der Waals surface area contributed by atoms with E-state index in [1.807, 2.05) is 6.07 Å². The Morgan fingerprint density at radius 2 is 2.33 bits per heavy atom. The zero-order chi connectivity index (χ0) is 13.1. The van der Waals surface area contributed by atoms with E-state index < -0.39 is 18.2 Å². The number of hydrogen-bond donors (Lipinski definition) is 2. The number of hydrogen-bond acceptors (Lipinski definition) is 4. The maximum Gasteiger partial charge on any atom is 0.407 e. The highest BCUT2D eigenvalue weighted by molar-refractivity contribution is 5.74. The van der Waals surface area contributed by atoms with Gasteiger partial charge in [-0.2, -0.15) is 0 Å². The number of nitrogens with one attached hydrogen (secondary N) is 1. The van der Waals surface area contributed by atoms with E-state index >= 15 is 0 Å². The molecule has 18 heavy (non-hydrogen) atoms. The van der Waals surface area contributed by atoms with E-state index in [-0.39, 0.29) is 0 Å². The molecule has 2 N–H and O–H groups in total. The van der Waals surface area contributed by atoms with E-state index in [1.54, 1.807) is 12.1 Å². The smallest absolute Gasteiger partial charge is 0.407 e. The summed E-state index contributed by atoms with van der Waals surface area (Å²) in [7, 11) is 1.29. The van der Waals surface area contributed by atoms with E-state index in [0.29, 0.717) is 18.7 Å². The van der Waals surface area contributed by atoms with Gasteiger partial charge in [-0.3, -0.25) is 0 Å². The van der Waals surface area contributed by atoms with Gasteiger partial charge in [0, 0.05) is 13.0 Å². The lowest BCUT2D eigenvalue weighted by Gasteiger charge is -2.05. The van der Waals surface area contributed by atoms with Crippen molar-refractivity contribution in [3.63, 3.8) is 0 Å². The first kappa shape index (κ1) is 12.2. The van der Waals surface area contributed by atoms with Crippen molar-refractivity contribution in [1.29, 1.82) is 0 Å². The Morgan fingerprint density at radius 3 is 3.00 bits per heavy atom. The van der Waals surface area contributed by atoms with Crippen LogP contribution in [0.4, 0.5) is 4.79 Å². The fourth-order valence-corrected chi connectivity index (χ4v) is 1.80. The minimum absolute atomic E-state index is 0.331. The number of fused-ring (bicyclic) bond motifs is 1. The second-order valence-electron chi connectivity index (χ2n) is 3.94. The lowest BCUT2D eigenvalue weighted by atomic mass is 10.1. The van der Waals surface area contributed by atoms with Crippen molar-refractivity contribution in [2.24, 2.45) is 0 Å². The zero-order valence-corrected chi connectivity index (χ0v) is 9.80. The number of amides is 1.